The van der Waals surface area contributed by atoms with E-state index in [0.29, 0.717) is 19.3 Å². The molecule has 0 aromatic carbocycles. The van der Waals surface area contributed by atoms with Crippen LogP contribution in [-0.2, 0) is 28.6 Å². The maximum absolute atomic E-state index is 12.9. The second-order valence-corrected chi connectivity index (χ2v) is 25.2. The van der Waals surface area contributed by atoms with Crippen LogP contribution >= 0.6 is 0 Å². The molecule has 0 radical (unpaired) electrons. The first-order chi connectivity index (χ1) is 41.0. The first-order valence-electron chi connectivity index (χ1n) is 37.1. The third-order valence-electron chi connectivity index (χ3n) is 16.8. The van der Waals surface area contributed by atoms with Gasteiger partial charge in [-0.1, -0.05) is 352 Å². The minimum absolute atomic E-state index is 0.0736. The highest BCUT2D eigenvalue weighted by Crippen LogP contribution is 2.19. The summed E-state index contributed by atoms with van der Waals surface area (Å²) < 4.78 is 16.9. The Labute approximate surface area is 518 Å². The van der Waals surface area contributed by atoms with Crippen molar-refractivity contribution in [1.82, 2.24) is 0 Å². The SMILES string of the molecule is CCCCCCC/C=C\C/C=C\C/C=C\CCCCCCCCC(=O)OC(COC(=O)CCCCCCCCCCC)COC(=O)CCCCCCCCCCCCCCCCCCCCCCCCC/C=C\CCCCCCCCCC. The number of hydrogen-bond donors (Lipinski definition) is 0. The van der Waals surface area contributed by atoms with Gasteiger partial charge in [0.05, 0.1) is 0 Å². The van der Waals surface area contributed by atoms with Crippen molar-refractivity contribution >= 4 is 17.9 Å². The fourth-order valence-corrected chi connectivity index (χ4v) is 11.2. The Balaban J connectivity index is 4.03. The molecule has 0 N–H and O–H groups in total. The summed E-state index contributed by atoms with van der Waals surface area (Å²) >= 11 is 0. The van der Waals surface area contributed by atoms with Crippen LogP contribution in [0.3, 0.4) is 0 Å². The number of hydrogen-bond acceptors (Lipinski definition) is 6. The Hall–Kier alpha value is -2.63. The van der Waals surface area contributed by atoms with Crippen LogP contribution in [0.15, 0.2) is 48.6 Å². The van der Waals surface area contributed by atoms with E-state index in [4.69, 9.17) is 14.2 Å². The van der Waals surface area contributed by atoms with Crippen molar-refractivity contribution in [3.63, 3.8) is 0 Å². The van der Waals surface area contributed by atoms with Gasteiger partial charge in [0.2, 0.25) is 0 Å². The van der Waals surface area contributed by atoms with Gasteiger partial charge in [-0.15, -0.1) is 0 Å². The van der Waals surface area contributed by atoms with Crippen molar-refractivity contribution in [3.05, 3.63) is 48.6 Å². The molecule has 6 heteroatoms. The summed E-state index contributed by atoms with van der Waals surface area (Å²) in [6, 6.07) is 0. The fourth-order valence-electron chi connectivity index (χ4n) is 11.2. The Kier molecular flexibility index (Phi) is 69.6. The van der Waals surface area contributed by atoms with E-state index >= 15 is 0 Å². The van der Waals surface area contributed by atoms with E-state index in [1.807, 2.05) is 0 Å². The van der Waals surface area contributed by atoms with E-state index in [1.165, 1.54) is 289 Å². The van der Waals surface area contributed by atoms with Gasteiger partial charge in [-0.2, -0.15) is 0 Å². The quantitative estimate of drug-likeness (QED) is 0.0261. The van der Waals surface area contributed by atoms with Gasteiger partial charge in [0.15, 0.2) is 6.10 Å². The van der Waals surface area contributed by atoms with E-state index in [-0.39, 0.29) is 31.1 Å². The molecule has 1 unspecified atom stereocenters. The molecule has 1 atom stereocenters. The molecule has 6 nitrogen and oxygen atoms in total. The van der Waals surface area contributed by atoms with Crippen molar-refractivity contribution in [2.24, 2.45) is 0 Å². The van der Waals surface area contributed by atoms with Gasteiger partial charge in [-0.05, 0) is 83.5 Å². The molecule has 0 spiro atoms. The summed E-state index contributed by atoms with van der Waals surface area (Å²) in [5.41, 5.74) is 0. The summed E-state index contributed by atoms with van der Waals surface area (Å²) in [6.07, 6.45) is 91.8. The number of carbonyl (C=O) groups is 3. The zero-order valence-electron chi connectivity index (χ0n) is 56.0. The minimum atomic E-state index is -0.777. The summed E-state index contributed by atoms with van der Waals surface area (Å²) in [6.45, 7) is 6.66. The van der Waals surface area contributed by atoms with Gasteiger partial charge < -0.3 is 14.2 Å². The fraction of sp³-hybridized carbons (Fsp3) is 0.857. The average molecular weight is 1160 g/mol. The summed E-state index contributed by atoms with van der Waals surface area (Å²) in [7, 11) is 0. The van der Waals surface area contributed by atoms with Crippen molar-refractivity contribution < 1.29 is 28.6 Å². The van der Waals surface area contributed by atoms with Gasteiger partial charge in [0.25, 0.3) is 0 Å². The molecule has 0 rings (SSSR count). The smallest absolute Gasteiger partial charge is 0.306 e. The van der Waals surface area contributed by atoms with Crippen molar-refractivity contribution in [2.45, 2.75) is 412 Å². The van der Waals surface area contributed by atoms with E-state index in [2.05, 4.69) is 69.4 Å². The van der Waals surface area contributed by atoms with Gasteiger partial charge in [0, 0.05) is 19.3 Å². The monoisotopic (exact) mass is 1160 g/mol. The molecule has 0 bridgehead atoms. The zero-order valence-corrected chi connectivity index (χ0v) is 56.0. The van der Waals surface area contributed by atoms with E-state index in [0.717, 1.165) is 77.0 Å². The number of carbonyl (C=O) groups excluding carboxylic acids is 3. The highest BCUT2D eigenvalue weighted by atomic mass is 16.6. The lowest BCUT2D eigenvalue weighted by molar-refractivity contribution is -0.167. The molecule has 0 aromatic heterocycles. The molecule has 0 saturated carbocycles. The lowest BCUT2D eigenvalue weighted by atomic mass is 10.0. The van der Waals surface area contributed by atoms with Crippen molar-refractivity contribution in [2.75, 3.05) is 13.2 Å². The molecule has 0 amide bonds. The molecule has 0 aromatic rings. The minimum Gasteiger partial charge on any atom is -0.462 e. The molecule has 0 heterocycles. The zero-order chi connectivity index (χ0) is 59.9. The molecule has 0 saturated heterocycles. The highest BCUT2D eigenvalue weighted by Gasteiger charge is 2.19. The summed E-state index contributed by atoms with van der Waals surface area (Å²) in [5, 5.41) is 0. The van der Waals surface area contributed by atoms with Gasteiger partial charge >= 0.3 is 17.9 Å². The molecule has 0 aliphatic heterocycles. The lowest BCUT2D eigenvalue weighted by Gasteiger charge is -2.18. The van der Waals surface area contributed by atoms with E-state index in [1.54, 1.807) is 0 Å². The standard InChI is InChI=1S/C77H142O6/c1-4-7-10-13-16-19-21-23-25-27-29-31-32-33-34-35-36-37-38-39-40-41-42-43-44-46-47-49-51-53-55-58-61-64-67-70-76(79)82-73-74(72-81-75(78)69-66-63-60-57-18-15-12-9-6-3)83-77(80)71-68-65-62-59-56-54-52-50-48-45-30-28-26-24-22-20-17-14-11-8-5-2/h22,24,27-30,48,50,74H,4-21,23,25-26,31-47,49,51-73H2,1-3H3/b24-22-,29-27-,30-28-,50-48-. The average Bonchev–Trinajstić information content (AvgIpc) is 3.49. The maximum atomic E-state index is 12.9. The molecular weight excluding hydrogens is 1020 g/mol. The van der Waals surface area contributed by atoms with Crippen LogP contribution in [0.5, 0.6) is 0 Å². The largest absolute Gasteiger partial charge is 0.462 e. The molecule has 0 aliphatic rings. The summed E-state index contributed by atoms with van der Waals surface area (Å²) in [4.78, 5) is 38.3. The molecular formula is C77H142O6. The van der Waals surface area contributed by atoms with Gasteiger partial charge in [-0.3, -0.25) is 14.4 Å². The van der Waals surface area contributed by atoms with Gasteiger partial charge in [-0.25, -0.2) is 0 Å². The number of rotatable bonds is 69. The third kappa shape index (κ3) is 70.0. The van der Waals surface area contributed by atoms with E-state index in [9.17, 15) is 14.4 Å². The number of esters is 3. The Bertz CT molecular complexity index is 1430. The van der Waals surface area contributed by atoms with Crippen LogP contribution < -0.4 is 0 Å². The van der Waals surface area contributed by atoms with Crippen molar-refractivity contribution in [1.29, 1.82) is 0 Å². The number of ether oxygens (including phenoxy) is 3. The first kappa shape index (κ1) is 80.4. The second-order valence-electron chi connectivity index (χ2n) is 25.2. The van der Waals surface area contributed by atoms with Crippen LogP contribution in [0.25, 0.3) is 0 Å². The molecule has 0 aliphatic carbocycles. The van der Waals surface area contributed by atoms with Crippen molar-refractivity contribution in [3.8, 4) is 0 Å². The normalized spacial score (nSPS) is 12.3. The third-order valence-corrected chi connectivity index (χ3v) is 16.8. The summed E-state index contributed by atoms with van der Waals surface area (Å²) in [5.74, 6) is -0.865. The lowest BCUT2D eigenvalue weighted by Crippen LogP contribution is -2.30. The Morgan fingerprint density at radius 3 is 0.687 bits per heavy atom. The van der Waals surface area contributed by atoms with Crippen LogP contribution in [0.1, 0.15) is 406 Å². The van der Waals surface area contributed by atoms with Crippen LogP contribution in [0, 0.1) is 0 Å². The topological polar surface area (TPSA) is 78.9 Å². The van der Waals surface area contributed by atoms with Crippen LogP contribution in [-0.4, -0.2) is 37.2 Å². The number of allylic oxidation sites excluding steroid dienone is 8. The highest BCUT2D eigenvalue weighted by molar-refractivity contribution is 5.71. The van der Waals surface area contributed by atoms with Crippen LogP contribution in [0.4, 0.5) is 0 Å². The molecule has 0 fully saturated rings. The predicted molar refractivity (Wildman–Crippen MR) is 362 cm³/mol. The number of unbranched alkanes of at least 4 members (excludes halogenated alkanes) is 50. The molecule has 83 heavy (non-hydrogen) atoms. The molecule has 486 valence electrons. The Morgan fingerprint density at radius 1 is 0.241 bits per heavy atom. The first-order valence-corrected chi connectivity index (χ1v) is 37.1. The van der Waals surface area contributed by atoms with Gasteiger partial charge in [0.1, 0.15) is 13.2 Å². The van der Waals surface area contributed by atoms with E-state index < -0.39 is 6.10 Å². The van der Waals surface area contributed by atoms with Crippen LogP contribution in [0.2, 0.25) is 0 Å². The Morgan fingerprint density at radius 2 is 0.434 bits per heavy atom. The predicted octanol–water partition coefficient (Wildman–Crippen LogP) is 25.7. The second kappa shape index (κ2) is 71.8. The maximum Gasteiger partial charge on any atom is 0.306 e.